The normalized spacial score (nSPS) is 16.1. The van der Waals surface area contributed by atoms with E-state index in [1.165, 1.54) is 6.07 Å². The molecular weight excluding hydrogens is 321 g/mol. The first-order valence-electron chi connectivity index (χ1n) is 8.40. The second-order valence-electron chi connectivity index (χ2n) is 6.21. The third-order valence-electron chi connectivity index (χ3n) is 4.36. The second kappa shape index (κ2) is 6.68. The number of hydrogen-bond donors (Lipinski definition) is 1. The number of halogens is 1. The van der Waals surface area contributed by atoms with Gasteiger partial charge < -0.3 is 15.0 Å². The van der Waals surface area contributed by atoms with Crippen molar-refractivity contribution in [1.82, 2.24) is 19.5 Å². The number of nitrogens with one attached hydrogen (secondary N) is 1. The van der Waals surface area contributed by atoms with Crippen LogP contribution in [0.3, 0.4) is 0 Å². The van der Waals surface area contributed by atoms with Gasteiger partial charge in [0.25, 0.3) is 0 Å². The first-order valence-corrected chi connectivity index (χ1v) is 8.40. The van der Waals surface area contributed by atoms with Crippen molar-refractivity contribution in [2.75, 3.05) is 38.6 Å². The van der Waals surface area contributed by atoms with Crippen molar-refractivity contribution in [3.05, 3.63) is 42.5 Å². The highest BCUT2D eigenvalue weighted by molar-refractivity contribution is 5.78. The molecule has 7 heteroatoms. The summed E-state index contributed by atoms with van der Waals surface area (Å²) in [5.41, 5.74) is 1.71. The summed E-state index contributed by atoms with van der Waals surface area (Å²) in [5.74, 6) is 1.09. The van der Waals surface area contributed by atoms with Crippen LogP contribution >= 0.6 is 0 Å². The first kappa shape index (κ1) is 15.8. The number of benzene rings is 1. The molecule has 1 aromatic carbocycles. The van der Waals surface area contributed by atoms with Crippen molar-refractivity contribution in [2.24, 2.45) is 0 Å². The van der Waals surface area contributed by atoms with Crippen LogP contribution in [-0.4, -0.2) is 52.8 Å². The molecule has 0 aliphatic carbocycles. The van der Waals surface area contributed by atoms with Gasteiger partial charge in [-0.3, -0.25) is 0 Å². The quantitative estimate of drug-likeness (QED) is 0.681. The molecule has 0 unspecified atom stereocenters. The number of likely N-dealkylation sites (N-methyl/N-ethyl adjacent to an activating group) is 1. The predicted octanol–water partition coefficient (Wildman–Crippen LogP) is 2.66. The van der Waals surface area contributed by atoms with Gasteiger partial charge in [-0.15, -0.1) is 0 Å². The summed E-state index contributed by atoms with van der Waals surface area (Å²) >= 11 is 0. The maximum atomic E-state index is 14.4. The van der Waals surface area contributed by atoms with Gasteiger partial charge in [0.2, 0.25) is 0 Å². The Morgan fingerprint density at radius 2 is 2.12 bits per heavy atom. The topological polar surface area (TPSA) is 54.7 Å². The van der Waals surface area contributed by atoms with Crippen LogP contribution in [0.5, 0.6) is 5.75 Å². The van der Waals surface area contributed by atoms with Crippen molar-refractivity contribution in [2.45, 2.75) is 6.42 Å². The Bertz CT molecular complexity index is 894. The molecule has 0 radical (unpaired) electrons. The molecule has 0 saturated heterocycles. The van der Waals surface area contributed by atoms with Crippen molar-refractivity contribution in [3.63, 3.8) is 0 Å². The average molecular weight is 341 g/mol. The molecule has 0 fully saturated rings. The molecule has 0 saturated carbocycles. The van der Waals surface area contributed by atoms with Crippen LogP contribution in [-0.2, 0) is 0 Å². The lowest BCUT2D eigenvalue weighted by Gasteiger charge is -2.17. The fourth-order valence-electron chi connectivity index (χ4n) is 2.95. The molecule has 3 aromatic rings. The molecule has 1 aliphatic heterocycles. The summed E-state index contributed by atoms with van der Waals surface area (Å²) in [7, 11) is 2.07. The van der Waals surface area contributed by atoms with Gasteiger partial charge in [0.1, 0.15) is 24.0 Å². The van der Waals surface area contributed by atoms with E-state index >= 15 is 0 Å². The lowest BCUT2D eigenvalue weighted by Crippen LogP contribution is -2.26. The number of fused-ring (bicyclic) bond motifs is 4. The zero-order valence-corrected chi connectivity index (χ0v) is 14.1. The molecule has 0 amide bonds. The zero-order chi connectivity index (χ0) is 17.2. The number of aromatic nitrogens is 3. The van der Waals surface area contributed by atoms with Crippen LogP contribution in [0.25, 0.3) is 16.8 Å². The molecule has 4 rings (SSSR count). The van der Waals surface area contributed by atoms with E-state index in [0.29, 0.717) is 29.1 Å². The number of nitrogens with zero attached hydrogens (tertiary/aromatic N) is 4. The lowest BCUT2D eigenvalue weighted by molar-refractivity contribution is 0.237. The minimum atomic E-state index is -0.316. The van der Waals surface area contributed by atoms with E-state index in [1.807, 2.05) is 12.3 Å². The van der Waals surface area contributed by atoms with E-state index in [2.05, 4.69) is 27.3 Å². The summed E-state index contributed by atoms with van der Waals surface area (Å²) in [6.45, 7) is 3.16. The highest BCUT2D eigenvalue weighted by atomic mass is 19.1. The lowest BCUT2D eigenvalue weighted by atomic mass is 10.1. The molecule has 2 aromatic heterocycles. The monoisotopic (exact) mass is 341 g/mol. The molecule has 1 N–H and O–H groups in total. The molecule has 0 atom stereocenters. The molecule has 3 heterocycles. The number of anilines is 1. The second-order valence-corrected chi connectivity index (χ2v) is 6.21. The Morgan fingerprint density at radius 1 is 1.20 bits per heavy atom. The maximum Gasteiger partial charge on any atom is 0.165 e. The van der Waals surface area contributed by atoms with E-state index in [9.17, 15) is 4.39 Å². The van der Waals surface area contributed by atoms with E-state index in [-0.39, 0.29) is 5.82 Å². The fraction of sp³-hybridized carbons (Fsp3) is 0.333. The third-order valence-corrected chi connectivity index (χ3v) is 4.36. The van der Waals surface area contributed by atoms with Gasteiger partial charge in [-0.2, -0.15) is 5.10 Å². The fourth-order valence-corrected chi connectivity index (χ4v) is 2.95. The summed E-state index contributed by atoms with van der Waals surface area (Å²) < 4.78 is 21.9. The molecule has 6 nitrogen and oxygen atoms in total. The predicted molar refractivity (Wildman–Crippen MR) is 94.5 cm³/mol. The minimum absolute atomic E-state index is 0.316. The van der Waals surface area contributed by atoms with Crippen molar-refractivity contribution >= 4 is 11.5 Å². The number of ether oxygens (including phenoxy) is 1. The van der Waals surface area contributed by atoms with Crippen molar-refractivity contribution in [1.29, 1.82) is 0 Å². The van der Waals surface area contributed by atoms with E-state index in [4.69, 9.17) is 4.74 Å². The van der Waals surface area contributed by atoms with E-state index in [1.54, 1.807) is 22.8 Å². The number of hydrogen-bond acceptors (Lipinski definition) is 5. The van der Waals surface area contributed by atoms with Gasteiger partial charge in [-0.05, 0) is 44.3 Å². The molecule has 4 bridgehead atoms. The van der Waals surface area contributed by atoms with Crippen molar-refractivity contribution < 1.29 is 9.13 Å². The summed E-state index contributed by atoms with van der Waals surface area (Å²) in [6, 6.07) is 6.68. The Morgan fingerprint density at radius 3 is 3.04 bits per heavy atom. The maximum absolute atomic E-state index is 14.4. The highest BCUT2D eigenvalue weighted by Crippen LogP contribution is 2.30. The largest absolute Gasteiger partial charge is 0.492 e. The summed E-state index contributed by atoms with van der Waals surface area (Å²) in [4.78, 5) is 6.83. The number of rotatable bonds is 0. The molecular formula is C18H20FN5O. The van der Waals surface area contributed by atoms with Crippen LogP contribution in [0.2, 0.25) is 0 Å². The van der Waals surface area contributed by atoms with E-state index < -0.39 is 0 Å². The Labute approximate surface area is 145 Å². The Hall–Kier alpha value is -2.67. The average Bonchev–Trinajstić information content (AvgIpc) is 3.02. The SMILES string of the molecule is CN1CCCNc2ccn3ncc(c3n2)-c2cc(ccc2F)OCC1. The van der Waals surface area contributed by atoms with Gasteiger partial charge in [-0.25, -0.2) is 13.9 Å². The van der Waals surface area contributed by atoms with Crippen LogP contribution < -0.4 is 10.1 Å². The summed E-state index contributed by atoms with van der Waals surface area (Å²) in [6.07, 6.45) is 4.47. The molecule has 25 heavy (non-hydrogen) atoms. The molecule has 0 spiro atoms. The van der Waals surface area contributed by atoms with Crippen molar-refractivity contribution in [3.8, 4) is 16.9 Å². The van der Waals surface area contributed by atoms with Gasteiger partial charge >= 0.3 is 0 Å². The third kappa shape index (κ3) is 3.28. The van der Waals surface area contributed by atoms with Crippen LogP contribution in [0, 0.1) is 5.82 Å². The van der Waals surface area contributed by atoms with Gasteiger partial charge in [-0.1, -0.05) is 0 Å². The zero-order valence-electron chi connectivity index (χ0n) is 14.1. The van der Waals surface area contributed by atoms with Crippen LogP contribution in [0.4, 0.5) is 10.2 Å². The van der Waals surface area contributed by atoms with Gasteiger partial charge in [0.15, 0.2) is 5.65 Å². The molecule has 1 aliphatic rings. The Kier molecular flexibility index (Phi) is 4.23. The van der Waals surface area contributed by atoms with Crippen LogP contribution in [0.15, 0.2) is 36.7 Å². The smallest absolute Gasteiger partial charge is 0.165 e. The molecule has 130 valence electrons. The Balaban J connectivity index is 1.80. The van der Waals surface area contributed by atoms with Gasteiger partial charge in [0.05, 0.1) is 6.20 Å². The highest BCUT2D eigenvalue weighted by Gasteiger charge is 2.14. The minimum Gasteiger partial charge on any atom is -0.492 e. The van der Waals surface area contributed by atoms with Crippen LogP contribution in [0.1, 0.15) is 6.42 Å². The van der Waals surface area contributed by atoms with E-state index in [0.717, 1.165) is 31.9 Å². The van der Waals surface area contributed by atoms with Gasteiger partial charge in [0, 0.05) is 30.4 Å². The summed E-state index contributed by atoms with van der Waals surface area (Å²) in [5, 5.41) is 7.61. The first-order chi connectivity index (χ1) is 12.2. The standard InChI is InChI=1S/C18H20FN5O/c1-23-7-2-6-20-17-5-8-24-18(22-17)15(12-21-24)14-11-13(25-10-9-23)3-4-16(14)19/h3-5,8,11-12H,2,6-7,9-10H2,1H3,(H,20,22).